The average Bonchev–Trinajstić information content (AvgIpc) is 2.68. The number of aromatic nitrogens is 1. The van der Waals surface area contributed by atoms with Crippen LogP contribution in [0, 0.1) is 12.8 Å². The van der Waals surface area contributed by atoms with Crippen molar-refractivity contribution in [1.82, 2.24) is 10.3 Å². The second-order valence-corrected chi connectivity index (χ2v) is 6.34. The summed E-state index contributed by atoms with van der Waals surface area (Å²) in [6.07, 6.45) is 1.37. The van der Waals surface area contributed by atoms with E-state index >= 15 is 0 Å². The maximum absolute atomic E-state index is 4.59. The highest BCUT2D eigenvalue weighted by Gasteiger charge is 2.57. The Hall–Kier alpha value is -0.930. The van der Waals surface area contributed by atoms with Crippen molar-refractivity contribution in [1.29, 1.82) is 0 Å². The summed E-state index contributed by atoms with van der Waals surface area (Å²) in [5.41, 5.74) is 3.15. The number of aryl methyl sites for hydroxylation is 1. The molecule has 1 saturated heterocycles. The molecule has 2 unspecified atom stereocenters. The number of hydrogen-bond acceptors (Lipinski definition) is 3. The van der Waals surface area contributed by atoms with Crippen LogP contribution in [0.5, 0.6) is 0 Å². The quantitative estimate of drug-likeness (QED) is 0.814. The van der Waals surface area contributed by atoms with E-state index in [-0.39, 0.29) is 0 Å². The summed E-state index contributed by atoms with van der Waals surface area (Å²) in [5.74, 6) is 0.879. The minimum Gasteiger partial charge on any atom is -0.316 e. The molecule has 2 atom stereocenters. The fraction of sp³-hybridized carbons (Fsp3) is 0.462. The van der Waals surface area contributed by atoms with E-state index in [1.54, 1.807) is 11.3 Å². The number of hydrogen-bond donors (Lipinski definition) is 1. The third-order valence-corrected chi connectivity index (χ3v) is 5.08. The van der Waals surface area contributed by atoms with E-state index < -0.39 is 0 Å². The van der Waals surface area contributed by atoms with Crippen molar-refractivity contribution in [2.24, 2.45) is 5.92 Å². The van der Waals surface area contributed by atoms with Crippen LogP contribution in [-0.4, -0.2) is 18.1 Å². The van der Waals surface area contributed by atoms with Crippen LogP contribution in [0.15, 0.2) is 18.2 Å². The number of nitrogens with one attached hydrogen (secondary N) is 1. The Morgan fingerprint density at radius 3 is 3.19 bits per heavy atom. The Balaban J connectivity index is 1.86. The topological polar surface area (TPSA) is 24.9 Å². The molecule has 2 aliphatic rings. The Labute approximate surface area is 98.7 Å². The fourth-order valence-corrected chi connectivity index (χ4v) is 3.95. The van der Waals surface area contributed by atoms with Crippen molar-refractivity contribution in [3.63, 3.8) is 0 Å². The van der Waals surface area contributed by atoms with Crippen LogP contribution in [0.2, 0.25) is 0 Å². The molecule has 1 N–H and O–H groups in total. The lowest BCUT2D eigenvalue weighted by molar-refractivity contribution is 0.676. The van der Waals surface area contributed by atoms with Crippen molar-refractivity contribution in [2.75, 3.05) is 13.1 Å². The highest BCUT2D eigenvalue weighted by atomic mass is 32.1. The molecule has 4 rings (SSSR count). The Bertz CT molecular complexity index is 574. The lowest BCUT2D eigenvalue weighted by Crippen LogP contribution is -2.19. The van der Waals surface area contributed by atoms with Crippen molar-refractivity contribution in [3.8, 4) is 0 Å². The van der Waals surface area contributed by atoms with Crippen LogP contribution in [0.4, 0.5) is 0 Å². The van der Waals surface area contributed by atoms with Gasteiger partial charge in [-0.25, -0.2) is 4.98 Å². The molecule has 1 aliphatic heterocycles. The van der Waals surface area contributed by atoms with E-state index in [4.69, 9.17) is 0 Å². The van der Waals surface area contributed by atoms with Gasteiger partial charge in [-0.15, -0.1) is 11.3 Å². The summed E-state index contributed by atoms with van der Waals surface area (Å²) >= 11 is 1.79. The normalized spacial score (nSPS) is 31.9. The van der Waals surface area contributed by atoms with Gasteiger partial charge < -0.3 is 5.32 Å². The third kappa shape index (κ3) is 1.08. The zero-order chi connectivity index (χ0) is 10.8. The summed E-state index contributed by atoms with van der Waals surface area (Å²) in [6.45, 7) is 4.44. The van der Waals surface area contributed by atoms with Crippen LogP contribution < -0.4 is 5.32 Å². The lowest BCUT2D eigenvalue weighted by atomic mass is 9.95. The number of piperidine rings is 1. The zero-order valence-corrected chi connectivity index (χ0v) is 10.1. The largest absolute Gasteiger partial charge is 0.316 e. The zero-order valence-electron chi connectivity index (χ0n) is 9.29. The molecule has 2 aromatic rings. The molecule has 0 radical (unpaired) electrons. The molecule has 1 aromatic heterocycles. The maximum Gasteiger partial charge on any atom is 0.0907 e. The fourth-order valence-electron chi connectivity index (χ4n) is 3.14. The van der Waals surface area contributed by atoms with Gasteiger partial charge in [0.05, 0.1) is 15.2 Å². The highest BCUT2D eigenvalue weighted by Crippen LogP contribution is 2.56. The molecular weight excluding hydrogens is 216 g/mol. The molecule has 82 valence electrons. The van der Waals surface area contributed by atoms with Gasteiger partial charge in [-0.1, -0.05) is 6.07 Å². The summed E-state index contributed by atoms with van der Waals surface area (Å²) in [5, 5.41) is 4.66. The van der Waals surface area contributed by atoms with Gasteiger partial charge in [-0.3, -0.25) is 0 Å². The molecule has 1 aliphatic carbocycles. The lowest BCUT2D eigenvalue weighted by Gasteiger charge is -2.11. The Morgan fingerprint density at radius 1 is 1.50 bits per heavy atom. The molecule has 1 aromatic carbocycles. The number of rotatable bonds is 1. The van der Waals surface area contributed by atoms with Gasteiger partial charge in [0.15, 0.2) is 0 Å². The molecule has 16 heavy (non-hydrogen) atoms. The second kappa shape index (κ2) is 2.84. The molecule has 2 nitrogen and oxygen atoms in total. The predicted molar refractivity (Wildman–Crippen MR) is 67.0 cm³/mol. The first kappa shape index (κ1) is 9.14. The molecule has 2 fully saturated rings. The highest BCUT2D eigenvalue weighted by molar-refractivity contribution is 7.18. The standard InChI is InChI=1S/C13H14N2S/c1-8-15-11-4-9(2-3-12(11)16-8)13-5-10(13)6-14-7-13/h2-4,10,14H,5-7H2,1H3. The monoisotopic (exact) mass is 230 g/mol. The summed E-state index contributed by atoms with van der Waals surface area (Å²) in [7, 11) is 0. The summed E-state index contributed by atoms with van der Waals surface area (Å²) < 4.78 is 1.32. The van der Waals surface area contributed by atoms with Gasteiger partial charge in [-0.2, -0.15) is 0 Å². The SMILES string of the molecule is Cc1nc2cc(C34CNCC3C4)ccc2s1. The maximum atomic E-state index is 4.59. The molecular formula is C13H14N2S. The average molecular weight is 230 g/mol. The minimum atomic E-state index is 0.464. The first-order valence-electron chi connectivity index (χ1n) is 5.86. The first-order valence-corrected chi connectivity index (χ1v) is 6.68. The van der Waals surface area contributed by atoms with E-state index in [1.165, 1.54) is 33.8 Å². The molecule has 0 spiro atoms. The summed E-state index contributed by atoms with van der Waals surface area (Å²) in [4.78, 5) is 4.59. The minimum absolute atomic E-state index is 0.464. The molecule has 1 saturated carbocycles. The van der Waals surface area contributed by atoms with E-state index in [9.17, 15) is 0 Å². The van der Waals surface area contributed by atoms with Gasteiger partial charge in [0.2, 0.25) is 0 Å². The van der Waals surface area contributed by atoms with Crippen molar-refractivity contribution >= 4 is 21.6 Å². The Kier molecular flexibility index (Phi) is 1.62. The van der Waals surface area contributed by atoms with Crippen molar-refractivity contribution < 1.29 is 0 Å². The van der Waals surface area contributed by atoms with Gasteiger partial charge in [-0.05, 0) is 43.5 Å². The smallest absolute Gasteiger partial charge is 0.0907 e. The molecule has 3 heteroatoms. The van der Waals surface area contributed by atoms with E-state index in [2.05, 4.69) is 35.4 Å². The van der Waals surface area contributed by atoms with Gasteiger partial charge >= 0.3 is 0 Å². The molecule has 0 amide bonds. The molecule has 0 bridgehead atoms. The predicted octanol–water partition coefficient (Wildman–Crippen LogP) is 2.47. The van der Waals surface area contributed by atoms with E-state index in [0.29, 0.717) is 5.41 Å². The molecule has 2 heterocycles. The number of thiazole rings is 1. The van der Waals surface area contributed by atoms with E-state index in [1.807, 2.05) is 0 Å². The number of nitrogens with zero attached hydrogens (tertiary/aromatic N) is 1. The van der Waals surface area contributed by atoms with Crippen LogP contribution >= 0.6 is 11.3 Å². The van der Waals surface area contributed by atoms with Crippen molar-refractivity contribution in [3.05, 3.63) is 28.8 Å². The van der Waals surface area contributed by atoms with Crippen LogP contribution in [0.25, 0.3) is 10.2 Å². The van der Waals surface area contributed by atoms with Gasteiger partial charge in [0, 0.05) is 12.0 Å². The van der Waals surface area contributed by atoms with Crippen LogP contribution in [0.1, 0.15) is 17.0 Å². The van der Waals surface area contributed by atoms with Crippen molar-refractivity contribution in [2.45, 2.75) is 18.8 Å². The number of benzene rings is 1. The summed E-state index contributed by atoms with van der Waals surface area (Å²) in [6, 6.07) is 6.87. The Morgan fingerprint density at radius 2 is 2.44 bits per heavy atom. The van der Waals surface area contributed by atoms with Gasteiger partial charge in [0.25, 0.3) is 0 Å². The van der Waals surface area contributed by atoms with Crippen LogP contribution in [0.3, 0.4) is 0 Å². The third-order valence-electron chi connectivity index (χ3n) is 4.13. The van der Waals surface area contributed by atoms with Crippen LogP contribution in [-0.2, 0) is 5.41 Å². The second-order valence-electron chi connectivity index (χ2n) is 5.10. The number of fused-ring (bicyclic) bond motifs is 2. The van der Waals surface area contributed by atoms with Gasteiger partial charge in [0.1, 0.15) is 0 Å². The first-order chi connectivity index (χ1) is 7.78. The van der Waals surface area contributed by atoms with E-state index in [0.717, 1.165) is 12.5 Å².